The molecular formula is C17H16BrF2NO6S. The second-order valence-electron chi connectivity index (χ2n) is 5.22. The molecule has 152 valence electrons. The van der Waals surface area contributed by atoms with E-state index >= 15 is 0 Å². The maximum atomic E-state index is 12.6. The van der Waals surface area contributed by atoms with E-state index in [1.54, 1.807) is 6.92 Å². The van der Waals surface area contributed by atoms with Crippen molar-refractivity contribution in [2.45, 2.75) is 18.4 Å². The number of halogens is 3. The minimum absolute atomic E-state index is 0.0159. The number of anilines is 1. The monoisotopic (exact) mass is 479 g/mol. The summed E-state index contributed by atoms with van der Waals surface area (Å²) < 4.78 is 66.8. The highest BCUT2D eigenvalue weighted by Crippen LogP contribution is 2.33. The third kappa shape index (κ3) is 5.32. The molecule has 2 aromatic carbocycles. The van der Waals surface area contributed by atoms with Crippen molar-refractivity contribution in [3.8, 4) is 11.5 Å². The number of hydrogen-bond acceptors (Lipinski definition) is 6. The number of carbonyl (C=O) groups is 1. The molecule has 0 aromatic heterocycles. The van der Waals surface area contributed by atoms with Crippen LogP contribution in [0.25, 0.3) is 0 Å². The molecule has 0 aliphatic heterocycles. The van der Waals surface area contributed by atoms with Gasteiger partial charge in [0.05, 0.1) is 25.0 Å². The van der Waals surface area contributed by atoms with E-state index in [2.05, 4.69) is 25.4 Å². The van der Waals surface area contributed by atoms with Crippen molar-refractivity contribution in [3.63, 3.8) is 0 Å². The van der Waals surface area contributed by atoms with Gasteiger partial charge in [-0.1, -0.05) is 0 Å². The first-order valence-corrected chi connectivity index (χ1v) is 10.1. The summed E-state index contributed by atoms with van der Waals surface area (Å²) in [6, 6.07) is 7.52. The highest BCUT2D eigenvalue weighted by molar-refractivity contribution is 9.10. The first-order chi connectivity index (χ1) is 13.2. The molecule has 0 radical (unpaired) electrons. The molecule has 0 bridgehead atoms. The molecule has 0 atom stereocenters. The zero-order valence-electron chi connectivity index (χ0n) is 14.7. The van der Waals surface area contributed by atoms with E-state index in [0.717, 1.165) is 6.07 Å². The number of nitrogens with one attached hydrogen (secondary N) is 1. The molecular weight excluding hydrogens is 464 g/mol. The molecule has 0 aliphatic carbocycles. The first-order valence-electron chi connectivity index (χ1n) is 7.80. The number of methoxy groups -OCH3 is 1. The third-order valence-corrected chi connectivity index (χ3v) is 5.72. The van der Waals surface area contributed by atoms with Crippen LogP contribution in [-0.2, 0) is 14.8 Å². The lowest BCUT2D eigenvalue weighted by Crippen LogP contribution is -2.14. The second-order valence-corrected chi connectivity index (χ2v) is 7.72. The molecule has 0 aliphatic rings. The molecule has 28 heavy (non-hydrogen) atoms. The number of rotatable bonds is 8. The Hall–Kier alpha value is -2.40. The predicted molar refractivity (Wildman–Crippen MR) is 101 cm³/mol. The van der Waals surface area contributed by atoms with Gasteiger partial charge in [0.25, 0.3) is 10.0 Å². The van der Waals surface area contributed by atoms with Gasteiger partial charge in [-0.2, -0.15) is 8.78 Å². The van der Waals surface area contributed by atoms with Crippen molar-refractivity contribution >= 4 is 37.6 Å². The van der Waals surface area contributed by atoms with E-state index in [4.69, 9.17) is 9.47 Å². The maximum Gasteiger partial charge on any atom is 0.387 e. The molecule has 0 heterocycles. The minimum atomic E-state index is -4.10. The van der Waals surface area contributed by atoms with E-state index in [9.17, 15) is 22.0 Å². The smallest absolute Gasteiger partial charge is 0.387 e. The van der Waals surface area contributed by atoms with Gasteiger partial charge < -0.3 is 14.2 Å². The average Bonchev–Trinajstić information content (AvgIpc) is 2.61. The SMILES string of the molecule is CCOC(=O)c1ccc(S(=O)(=O)Nc2ccc(OC)c(OC(F)F)c2)c(Br)c1. The number of esters is 1. The van der Waals surface area contributed by atoms with Crippen molar-refractivity contribution in [2.75, 3.05) is 18.4 Å². The van der Waals surface area contributed by atoms with Gasteiger partial charge in [0, 0.05) is 10.5 Å². The van der Waals surface area contributed by atoms with E-state index < -0.39 is 22.6 Å². The topological polar surface area (TPSA) is 90.9 Å². The number of ether oxygens (including phenoxy) is 3. The van der Waals surface area contributed by atoms with Crippen LogP contribution < -0.4 is 14.2 Å². The summed E-state index contributed by atoms with van der Waals surface area (Å²) in [6.07, 6.45) is 0. The fourth-order valence-corrected chi connectivity index (χ4v) is 4.33. The van der Waals surface area contributed by atoms with Crippen LogP contribution in [0, 0.1) is 0 Å². The Morgan fingerprint density at radius 3 is 2.46 bits per heavy atom. The number of carbonyl (C=O) groups excluding carboxylic acids is 1. The molecule has 1 N–H and O–H groups in total. The van der Waals surface area contributed by atoms with Crippen LogP contribution in [0.1, 0.15) is 17.3 Å². The lowest BCUT2D eigenvalue weighted by molar-refractivity contribution is -0.0511. The number of sulfonamides is 1. The lowest BCUT2D eigenvalue weighted by Gasteiger charge is -2.14. The van der Waals surface area contributed by atoms with Crippen molar-refractivity contribution in [3.05, 3.63) is 46.4 Å². The van der Waals surface area contributed by atoms with Crippen LogP contribution in [0.15, 0.2) is 45.8 Å². The van der Waals surface area contributed by atoms with Crippen molar-refractivity contribution in [2.24, 2.45) is 0 Å². The standard InChI is InChI=1S/C17H16BrF2NO6S/c1-3-26-16(22)10-4-7-15(12(18)8-10)28(23,24)21-11-5-6-13(25-2)14(9-11)27-17(19)20/h4-9,17,21H,3H2,1-2H3. The quantitative estimate of drug-likeness (QED) is 0.574. The van der Waals surface area contributed by atoms with E-state index in [0.29, 0.717) is 0 Å². The number of alkyl halides is 2. The van der Waals surface area contributed by atoms with Gasteiger partial charge in [-0.25, -0.2) is 13.2 Å². The van der Waals surface area contributed by atoms with Crippen molar-refractivity contribution in [1.82, 2.24) is 0 Å². The van der Waals surface area contributed by atoms with Crippen LogP contribution in [0.4, 0.5) is 14.5 Å². The summed E-state index contributed by atoms with van der Waals surface area (Å²) in [4.78, 5) is 11.6. The van der Waals surface area contributed by atoms with Gasteiger partial charge in [-0.15, -0.1) is 0 Å². The molecule has 11 heteroatoms. The van der Waals surface area contributed by atoms with E-state index in [1.807, 2.05) is 0 Å². The van der Waals surface area contributed by atoms with Crippen LogP contribution in [0.2, 0.25) is 0 Å². The highest BCUT2D eigenvalue weighted by atomic mass is 79.9. The van der Waals surface area contributed by atoms with Crippen molar-refractivity contribution < 1.29 is 36.2 Å². The van der Waals surface area contributed by atoms with Crippen LogP contribution in [0.5, 0.6) is 11.5 Å². The fourth-order valence-electron chi connectivity index (χ4n) is 2.20. The molecule has 2 rings (SSSR count). The molecule has 0 saturated carbocycles. The number of benzene rings is 2. The van der Waals surface area contributed by atoms with Gasteiger partial charge in [0.15, 0.2) is 11.5 Å². The summed E-state index contributed by atoms with van der Waals surface area (Å²) in [5.74, 6) is -0.901. The fraction of sp³-hybridized carbons (Fsp3) is 0.235. The van der Waals surface area contributed by atoms with Gasteiger partial charge in [0.2, 0.25) is 0 Å². The largest absolute Gasteiger partial charge is 0.493 e. The van der Waals surface area contributed by atoms with Gasteiger partial charge in [0.1, 0.15) is 4.90 Å². The molecule has 0 fully saturated rings. The Kier molecular flexibility index (Phi) is 7.19. The normalized spacial score (nSPS) is 11.2. The predicted octanol–water partition coefficient (Wildman–Crippen LogP) is 4.04. The highest BCUT2D eigenvalue weighted by Gasteiger charge is 2.21. The zero-order chi connectivity index (χ0) is 20.9. The maximum absolute atomic E-state index is 12.6. The Morgan fingerprint density at radius 1 is 1.18 bits per heavy atom. The lowest BCUT2D eigenvalue weighted by atomic mass is 10.2. The molecule has 0 spiro atoms. The van der Waals surface area contributed by atoms with Crippen LogP contribution in [0.3, 0.4) is 0 Å². The third-order valence-electron chi connectivity index (χ3n) is 3.36. The van der Waals surface area contributed by atoms with Crippen LogP contribution >= 0.6 is 15.9 Å². The molecule has 7 nitrogen and oxygen atoms in total. The Balaban J connectivity index is 2.32. The molecule has 0 unspecified atom stereocenters. The molecule has 0 amide bonds. The summed E-state index contributed by atoms with van der Waals surface area (Å²) in [6.45, 7) is -1.28. The summed E-state index contributed by atoms with van der Waals surface area (Å²) in [5, 5.41) is 0. The van der Waals surface area contributed by atoms with E-state index in [-0.39, 0.29) is 38.7 Å². The molecule has 2 aromatic rings. The first kappa shape index (κ1) is 21.9. The number of hydrogen-bond donors (Lipinski definition) is 1. The Bertz CT molecular complexity index is 968. The molecule has 0 saturated heterocycles. The van der Waals surface area contributed by atoms with Gasteiger partial charge in [-0.05, 0) is 53.2 Å². The summed E-state index contributed by atoms with van der Waals surface area (Å²) in [7, 11) is -2.83. The summed E-state index contributed by atoms with van der Waals surface area (Å²) in [5.41, 5.74) is 0.155. The second kappa shape index (κ2) is 9.20. The Labute approximate surface area is 168 Å². The average molecular weight is 480 g/mol. The minimum Gasteiger partial charge on any atom is -0.493 e. The van der Waals surface area contributed by atoms with Crippen molar-refractivity contribution in [1.29, 1.82) is 0 Å². The van der Waals surface area contributed by atoms with Gasteiger partial charge in [-0.3, -0.25) is 4.72 Å². The van der Waals surface area contributed by atoms with Gasteiger partial charge >= 0.3 is 12.6 Å². The van der Waals surface area contributed by atoms with Crippen LogP contribution in [-0.4, -0.2) is 34.7 Å². The summed E-state index contributed by atoms with van der Waals surface area (Å²) >= 11 is 3.11. The van der Waals surface area contributed by atoms with E-state index in [1.165, 1.54) is 37.4 Å². The zero-order valence-corrected chi connectivity index (χ0v) is 17.1. The Morgan fingerprint density at radius 2 is 1.89 bits per heavy atom.